The third-order valence-corrected chi connectivity index (χ3v) is 7.78. The number of benzene rings is 1. The number of aldehydes is 1. The maximum atomic E-state index is 12.9. The molecule has 2 aromatic heterocycles. The number of aromatic nitrogens is 3. The predicted octanol–water partition coefficient (Wildman–Crippen LogP) is 5.27. The molecule has 1 unspecified atom stereocenters. The van der Waals surface area contributed by atoms with Crippen molar-refractivity contribution in [3.63, 3.8) is 0 Å². The largest absolute Gasteiger partial charge is 0.388 e. The number of pyridine rings is 1. The van der Waals surface area contributed by atoms with E-state index in [4.69, 9.17) is 16.6 Å². The van der Waals surface area contributed by atoms with Crippen molar-refractivity contribution in [2.45, 2.75) is 58.9 Å². The lowest BCUT2D eigenvalue weighted by Crippen LogP contribution is -2.37. The maximum absolute atomic E-state index is 12.9. The maximum Gasteiger partial charge on any atom is 0.277 e. The minimum absolute atomic E-state index is 0.152. The molecule has 252 valence electrons. The van der Waals surface area contributed by atoms with Gasteiger partial charge in [-0.25, -0.2) is 9.97 Å². The van der Waals surface area contributed by atoms with Crippen LogP contribution in [0.2, 0.25) is 0 Å². The van der Waals surface area contributed by atoms with E-state index in [-0.39, 0.29) is 11.5 Å². The molecular formula is C34H46N8O4S. The van der Waals surface area contributed by atoms with Crippen molar-refractivity contribution < 1.29 is 14.3 Å². The number of hydrogen-bond donors (Lipinski definition) is 5. The highest BCUT2D eigenvalue weighted by molar-refractivity contribution is 8.26. The van der Waals surface area contributed by atoms with Gasteiger partial charge in [0.25, 0.3) is 5.56 Å². The van der Waals surface area contributed by atoms with Gasteiger partial charge in [0.1, 0.15) is 34.7 Å². The van der Waals surface area contributed by atoms with E-state index in [0.717, 1.165) is 59.6 Å². The van der Waals surface area contributed by atoms with Gasteiger partial charge in [-0.2, -0.15) is 0 Å². The second-order valence-corrected chi connectivity index (χ2v) is 12.0. The minimum Gasteiger partial charge on any atom is -0.388 e. The summed E-state index contributed by atoms with van der Waals surface area (Å²) in [5.74, 6) is 0.998. The Morgan fingerprint density at radius 1 is 1.19 bits per heavy atom. The number of carbonyl (C=O) groups excluding carboxylic acids is 2. The Morgan fingerprint density at radius 3 is 2.45 bits per heavy atom. The first kappa shape index (κ1) is 38.6. The Hall–Kier alpha value is -4.62. The van der Waals surface area contributed by atoms with E-state index in [9.17, 15) is 14.4 Å². The zero-order chi connectivity index (χ0) is 34.9. The van der Waals surface area contributed by atoms with E-state index < -0.39 is 6.04 Å². The number of methoxy groups -OCH3 is 1. The Kier molecular flexibility index (Phi) is 16.2. The van der Waals surface area contributed by atoms with E-state index in [1.165, 1.54) is 10.8 Å². The fourth-order valence-electron chi connectivity index (χ4n) is 4.64. The first-order valence-electron chi connectivity index (χ1n) is 15.2. The number of unbranched alkanes of at least 4 members (excludes halogenated alkanes) is 1. The lowest BCUT2D eigenvalue weighted by atomic mass is 10.0. The molecule has 0 bridgehead atoms. The van der Waals surface area contributed by atoms with Crippen molar-refractivity contribution in [2.24, 2.45) is 0 Å². The zero-order valence-corrected chi connectivity index (χ0v) is 28.8. The van der Waals surface area contributed by atoms with Crippen LogP contribution < -0.4 is 21.9 Å². The molecule has 1 aliphatic rings. The van der Waals surface area contributed by atoms with E-state index >= 15 is 0 Å². The van der Waals surface area contributed by atoms with E-state index in [1.54, 1.807) is 58.7 Å². The van der Waals surface area contributed by atoms with Crippen LogP contribution in [0.5, 0.6) is 0 Å². The molecule has 12 nitrogen and oxygen atoms in total. The molecule has 3 aromatic rings. The monoisotopic (exact) mass is 662 g/mol. The summed E-state index contributed by atoms with van der Waals surface area (Å²) in [7, 11) is 4.92. The highest BCUT2D eigenvalue weighted by atomic mass is 32.2. The van der Waals surface area contributed by atoms with Gasteiger partial charge >= 0.3 is 0 Å². The van der Waals surface area contributed by atoms with Gasteiger partial charge in [-0.3, -0.25) is 29.8 Å². The van der Waals surface area contributed by atoms with Crippen LogP contribution in [0.3, 0.4) is 0 Å². The smallest absolute Gasteiger partial charge is 0.277 e. The van der Waals surface area contributed by atoms with Crippen LogP contribution in [0.1, 0.15) is 78.4 Å². The molecule has 0 aliphatic carbocycles. The quantitative estimate of drug-likeness (QED) is 0.109. The number of fused-ring (bicyclic) bond motifs is 1. The number of aryl methyl sites for hydroxylation is 2. The van der Waals surface area contributed by atoms with Crippen LogP contribution in [0.25, 0.3) is 6.08 Å². The fourth-order valence-corrected chi connectivity index (χ4v) is 5.20. The second kappa shape index (κ2) is 19.8. The molecule has 1 amide bonds. The highest BCUT2D eigenvalue weighted by Crippen LogP contribution is 2.24. The van der Waals surface area contributed by atoms with Gasteiger partial charge in [0.05, 0.1) is 11.2 Å². The van der Waals surface area contributed by atoms with Gasteiger partial charge < -0.3 is 21.1 Å². The van der Waals surface area contributed by atoms with Gasteiger partial charge in [0.2, 0.25) is 5.91 Å². The molecule has 1 atom stereocenters. The van der Waals surface area contributed by atoms with Crippen molar-refractivity contribution in [1.82, 2.24) is 19.9 Å². The molecule has 13 heteroatoms. The van der Waals surface area contributed by atoms with Crippen molar-refractivity contribution >= 4 is 51.6 Å². The normalized spacial score (nSPS) is 13.2. The highest BCUT2D eigenvalue weighted by Gasteiger charge is 2.30. The number of amides is 1. The fraction of sp³-hybridized carbons (Fsp3) is 0.382. The number of anilines is 2. The summed E-state index contributed by atoms with van der Waals surface area (Å²) < 4.78 is 5.77. The summed E-state index contributed by atoms with van der Waals surface area (Å²) in [6.45, 7) is 6.20. The zero-order valence-electron chi connectivity index (χ0n) is 28.0. The van der Waals surface area contributed by atoms with Crippen molar-refractivity contribution in [1.29, 1.82) is 10.8 Å². The summed E-state index contributed by atoms with van der Waals surface area (Å²) in [5.41, 5.74) is 10.4. The molecule has 3 heterocycles. The van der Waals surface area contributed by atoms with E-state index in [0.29, 0.717) is 52.4 Å². The van der Waals surface area contributed by atoms with Gasteiger partial charge in [0.15, 0.2) is 0 Å². The lowest BCUT2D eigenvalue weighted by molar-refractivity contribution is -0.124. The van der Waals surface area contributed by atoms with Crippen LogP contribution in [-0.2, 0) is 16.0 Å². The number of nitrogens with zero attached hydrogens (tertiary/aromatic N) is 3. The second-order valence-electron chi connectivity index (χ2n) is 10.8. The third-order valence-electron chi connectivity index (χ3n) is 7.03. The molecule has 1 aliphatic heterocycles. The Labute approximate surface area is 280 Å². The number of ether oxygens (including phenoxy) is 1. The molecule has 47 heavy (non-hydrogen) atoms. The summed E-state index contributed by atoms with van der Waals surface area (Å²) in [6, 6.07) is 8.06. The first-order valence-corrected chi connectivity index (χ1v) is 16.1. The topological polar surface area (TPSA) is 189 Å². The molecule has 4 rings (SSSR count). The molecule has 1 aromatic carbocycles. The Bertz CT molecular complexity index is 1620. The number of rotatable bonds is 10. The lowest BCUT2D eigenvalue weighted by Gasteiger charge is -2.16. The number of nitrogens with one attached hydrogen (secondary N) is 4. The van der Waals surface area contributed by atoms with E-state index in [1.807, 2.05) is 13.0 Å². The Balaban J connectivity index is 0.000000376. The SMILES string of the molecule is CC(=N)SC(=N)c1ccc(C=O)cc1.CCCC/C(=C\c1cnc(N)cc1C)CNC(=O)C1CCc2ncc(NC)c(=O)n21.COC. The van der Waals surface area contributed by atoms with Crippen molar-refractivity contribution in [2.75, 3.05) is 38.9 Å². The van der Waals surface area contributed by atoms with Crippen molar-refractivity contribution in [3.8, 4) is 0 Å². The standard InChI is InChI=1S/C22H30N6O2.C10H10N2OS.C2H6O/c1-4-5-6-15(10-16-12-25-19(23)9-14(16)2)11-27-21(29)18-7-8-20-26-13-17(24-3)22(30)28(18)20;1-7(11)14-10(12)9-4-2-8(6-13)3-5-9;1-3-2/h9-10,12-13,18,24H,4-8,11H2,1-3H3,(H2,23,25)(H,27,29);2-6,11-12H,1H3;1-2H3/b15-10+;;. The molecule has 0 saturated heterocycles. The van der Waals surface area contributed by atoms with Gasteiger partial charge in [-0.15, -0.1) is 0 Å². The summed E-state index contributed by atoms with van der Waals surface area (Å²) in [4.78, 5) is 44.4. The van der Waals surface area contributed by atoms with E-state index in [2.05, 4.69) is 38.3 Å². The average Bonchev–Trinajstić information content (AvgIpc) is 3.49. The van der Waals surface area contributed by atoms with Crippen LogP contribution in [0, 0.1) is 17.7 Å². The summed E-state index contributed by atoms with van der Waals surface area (Å²) in [6.07, 6.45) is 10.3. The number of hydrogen-bond acceptors (Lipinski definition) is 11. The number of carbonyl (C=O) groups is 2. The third kappa shape index (κ3) is 11.9. The Morgan fingerprint density at radius 2 is 1.87 bits per heavy atom. The predicted molar refractivity (Wildman–Crippen MR) is 192 cm³/mol. The average molecular weight is 663 g/mol. The van der Waals surface area contributed by atoms with Crippen LogP contribution in [0.4, 0.5) is 11.5 Å². The number of thioether (sulfide) groups is 1. The number of nitrogen functional groups attached to an aromatic ring is 1. The summed E-state index contributed by atoms with van der Waals surface area (Å²) >= 11 is 1.10. The van der Waals surface area contributed by atoms with Crippen molar-refractivity contribution in [3.05, 3.63) is 86.7 Å². The molecule has 0 saturated carbocycles. The molecule has 0 fully saturated rings. The van der Waals surface area contributed by atoms with Gasteiger partial charge in [-0.05, 0) is 50.3 Å². The van der Waals surface area contributed by atoms with Crippen LogP contribution in [0.15, 0.2) is 53.1 Å². The molecular weight excluding hydrogens is 616 g/mol. The summed E-state index contributed by atoms with van der Waals surface area (Å²) in [5, 5.41) is 21.4. The minimum atomic E-state index is -0.527. The first-order chi connectivity index (χ1) is 22.5. The molecule has 6 N–H and O–H groups in total. The van der Waals surface area contributed by atoms with Gasteiger partial charge in [-0.1, -0.05) is 61.0 Å². The van der Waals surface area contributed by atoms with Crippen LogP contribution in [-0.4, -0.2) is 64.6 Å². The van der Waals surface area contributed by atoms with Gasteiger partial charge in [0, 0.05) is 51.6 Å². The molecule has 0 spiro atoms. The number of nitrogens with two attached hydrogens (primary N) is 1. The van der Waals surface area contributed by atoms with Crippen LogP contribution >= 0.6 is 11.8 Å². The molecule has 0 radical (unpaired) electrons.